The number of aromatic nitrogens is 5. The Labute approximate surface area is 167 Å². The number of fused-ring (bicyclic) bond motifs is 1. The largest absolute Gasteiger partial charge is 0.329 e. The number of carbonyl (C=O) groups excluding carboxylic acids is 1. The first-order valence-electron chi connectivity index (χ1n) is 8.22. The number of benzene rings is 1. The van der Waals surface area contributed by atoms with Gasteiger partial charge in [0.1, 0.15) is 5.69 Å². The van der Waals surface area contributed by atoms with Gasteiger partial charge in [-0.15, -0.1) is 5.10 Å². The van der Waals surface area contributed by atoms with Gasteiger partial charge in [-0.05, 0) is 19.1 Å². The van der Waals surface area contributed by atoms with Crippen LogP contribution in [0.15, 0.2) is 24.5 Å². The second-order valence-corrected chi connectivity index (χ2v) is 7.09. The fraction of sp³-hybridized carbons (Fsp3) is 0.235. The van der Waals surface area contributed by atoms with Crippen LogP contribution in [0.5, 0.6) is 0 Å². The molecule has 0 saturated heterocycles. The van der Waals surface area contributed by atoms with E-state index < -0.39 is 17.5 Å². The zero-order chi connectivity index (χ0) is 20.0. The highest BCUT2D eigenvalue weighted by Crippen LogP contribution is 2.30. The third-order valence-corrected chi connectivity index (χ3v) is 5.17. The number of rotatable bonds is 2. The molecule has 1 atom stereocenters. The monoisotopic (exact) mass is 424 g/mol. The van der Waals surface area contributed by atoms with Crippen LogP contribution in [0, 0.1) is 11.6 Å². The third-order valence-electron chi connectivity index (χ3n) is 4.51. The average molecular weight is 425 g/mol. The van der Waals surface area contributed by atoms with E-state index in [-0.39, 0.29) is 34.1 Å². The Morgan fingerprint density at radius 2 is 1.93 bits per heavy atom. The first kappa shape index (κ1) is 18.7. The first-order valence-corrected chi connectivity index (χ1v) is 8.98. The van der Waals surface area contributed by atoms with Crippen molar-refractivity contribution in [2.24, 2.45) is 0 Å². The molecule has 2 aromatic heterocycles. The summed E-state index contributed by atoms with van der Waals surface area (Å²) in [4.78, 5) is 22.3. The predicted molar refractivity (Wildman–Crippen MR) is 96.4 cm³/mol. The molecule has 0 bridgehead atoms. The molecule has 0 saturated carbocycles. The minimum atomic E-state index is -0.834. The molecule has 0 unspecified atom stereocenters. The summed E-state index contributed by atoms with van der Waals surface area (Å²) in [6.45, 7) is 1.99. The van der Waals surface area contributed by atoms with E-state index >= 15 is 0 Å². The van der Waals surface area contributed by atoms with E-state index in [1.807, 2.05) is 6.92 Å². The number of hydrogen-bond acceptors (Lipinski definition) is 5. The Balaban J connectivity index is 1.65. The molecule has 1 aliphatic rings. The summed E-state index contributed by atoms with van der Waals surface area (Å²) in [5, 5.41) is 7.63. The number of halogens is 4. The van der Waals surface area contributed by atoms with E-state index in [1.54, 1.807) is 0 Å². The molecule has 11 heteroatoms. The summed E-state index contributed by atoms with van der Waals surface area (Å²) >= 11 is 11.7. The standard InChI is InChI=1S/C17H12Cl2F2N6O/c1-8-4-13-12(24-25-27(13)17-22-5-9(20)6-23-17)7-26(8)16(28)10-2-3-11(18)15(21)14(10)19/h2-3,5-6,8H,4,7H2,1H3/t8-/m1/s1. The molecule has 3 aromatic rings. The minimum Gasteiger partial charge on any atom is -0.329 e. The Morgan fingerprint density at radius 1 is 1.21 bits per heavy atom. The number of nitrogens with zero attached hydrogens (tertiary/aromatic N) is 6. The normalized spacial score (nSPS) is 16.2. The van der Waals surface area contributed by atoms with E-state index in [2.05, 4.69) is 20.3 Å². The van der Waals surface area contributed by atoms with E-state index in [4.69, 9.17) is 23.2 Å². The van der Waals surface area contributed by atoms with Gasteiger partial charge >= 0.3 is 0 Å². The number of hydrogen-bond donors (Lipinski definition) is 0. The molecule has 28 heavy (non-hydrogen) atoms. The lowest BCUT2D eigenvalue weighted by Gasteiger charge is -2.33. The van der Waals surface area contributed by atoms with Crippen LogP contribution in [0.2, 0.25) is 10.0 Å². The van der Waals surface area contributed by atoms with Crippen molar-refractivity contribution in [1.82, 2.24) is 29.9 Å². The van der Waals surface area contributed by atoms with Crippen molar-refractivity contribution in [2.45, 2.75) is 25.9 Å². The third kappa shape index (κ3) is 3.10. The van der Waals surface area contributed by atoms with Gasteiger partial charge in [0.15, 0.2) is 11.6 Å². The maximum atomic E-state index is 14.0. The average Bonchev–Trinajstić information content (AvgIpc) is 3.08. The van der Waals surface area contributed by atoms with Gasteiger partial charge in [-0.3, -0.25) is 4.79 Å². The van der Waals surface area contributed by atoms with E-state index in [0.29, 0.717) is 12.1 Å². The molecule has 1 aliphatic heterocycles. The van der Waals surface area contributed by atoms with Crippen molar-refractivity contribution in [3.05, 3.63) is 63.2 Å². The van der Waals surface area contributed by atoms with Crippen LogP contribution < -0.4 is 0 Å². The summed E-state index contributed by atoms with van der Waals surface area (Å²) in [5.74, 6) is -1.65. The van der Waals surface area contributed by atoms with Gasteiger partial charge in [-0.1, -0.05) is 28.4 Å². The van der Waals surface area contributed by atoms with Crippen molar-refractivity contribution in [2.75, 3.05) is 0 Å². The smallest absolute Gasteiger partial charge is 0.256 e. The lowest BCUT2D eigenvalue weighted by atomic mass is 10.0. The van der Waals surface area contributed by atoms with E-state index in [9.17, 15) is 13.6 Å². The zero-order valence-electron chi connectivity index (χ0n) is 14.4. The molecule has 4 rings (SSSR count). The van der Waals surface area contributed by atoms with E-state index in [1.165, 1.54) is 21.7 Å². The van der Waals surface area contributed by atoms with Crippen molar-refractivity contribution in [3.63, 3.8) is 0 Å². The second-order valence-electron chi connectivity index (χ2n) is 6.31. The van der Waals surface area contributed by atoms with E-state index in [0.717, 1.165) is 18.1 Å². The minimum absolute atomic E-state index is 0.0214. The number of amides is 1. The van der Waals surface area contributed by atoms with Crippen LogP contribution in [0.4, 0.5) is 8.78 Å². The maximum absolute atomic E-state index is 14.0. The highest BCUT2D eigenvalue weighted by atomic mass is 35.5. The molecule has 0 N–H and O–H groups in total. The van der Waals surface area contributed by atoms with Gasteiger partial charge in [0.05, 0.1) is 40.2 Å². The lowest BCUT2D eigenvalue weighted by Crippen LogP contribution is -2.43. The van der Waals surface area contributed by atoms with Gasteiger partial charge in [0, 0.05) is 12.5 Å². The Hall–Kier alpha value is -2.65. The van der Waals surface area contributed by atoms with Gasteiger partial charge in [-0.25, -0.2) is 18.7 Å². The Kier molecular flexibility index (Phi) is 4.72. The van der Waals surface area contributed by atoms with Gasteiger partial charge in [0.25, 0.3) is 11.9 Å². The van der Waals surface area contributed by atoms with Crippen LogP contribution in [0.25, 0.3) is 5.95 Å². The molecule has 3 heterocycles. The maximum Gasteiger partial charge on any atom is 0.256 e. The molecule has 0 radical (unpaired) electrons. The quantitative estimate of drug-likeness (QED) is 0.590. The summed E-state index contributed by atoms with van der Waals surface area (Å²) in [6.07, 6.45) is 2.48. The SMILES string of the molecule is C[C@@H]1Cc2c(nnn2-c2ncc(F)cn2)CN1C(=O)c1ccc(Cl)c(F)c1Cl. The van der Waals surface area contributed by atoms with Gasteiger partial charge in [0.2, 0.25) is 0 Å². The van der Waals surface area contributed by atoms with Crippen molar-refractivity contribution >= 4 is 29.1 Å². The van der Waals surface area contributed by atoms with Gasteiger partial charge < -0.3 is 4.90 Å². The summed E-state index contributed by atoms with van der Waals surface area (Å²) in [5.41, 5.74) is 1.29. The molecule has 7 nitrogen and oxygen atoms in total. The number of carbonyl (C=O) groups is 1. The second kappa shape index (κ2) is 7.06. The molecular formula is C17H12Cl2F2N6O. The lowest BCUT2D eigenvalue weighted by molar-refractivity contribution is 0.0653. The molecule has 144 valence electrons. The van der Waals surface area contributed by atoms with Crippen molar-refractivity contribution in [1.29, 1.82) is 0 Å². The van der Waals surface area contributed by atoms with Crippen LogP contribution in [0.3, 0.4) is 0 Å². The van der Waals surface area contributed by atoms with Gasteiger partial charge in [-0.2, -0.15) is 4.68 Å². The van der Waals surface area contributed by atoms with Crippen LogP contribution in [-0.4, -0.2) is 41.8 Å². The molecule has 0 fully saturated rings. The summed E-state index contributed by atoms with van der Waals surface area (Å²) < 4.78 is 28.4. The van der Waals surface area contributed by atoms with Crippen molar-refractivity contribution < 1.29 is 13.6 Å². The predicted octanol–water partition coefficient (Wildman–Crippen LogP) is 3.23. The molecule has 1 aromatic carbocycles. The van der Waals surface area contributed by atoms with Crippen LogP contribution >= 0.6 is 23.2 Å². The fourth-order valence-electron chi connectivity index (χ4n) is 3.06. The zero-order valence-corrected chi connectivity index (χ0v) is 15.9. The fourth-order valence-corrected chi connectivity index (χ4v) is 3.51. The Morgan fingerprint density at radius 3 is 2.64 bits per heavy atom. The molecule has 0 spiro atoms. The van der Waals surface area contributed by atoms with Crippen LogP contribution in [-0.2, 0) is 13.0 Å². The van der Waals surface area contributed by atoms with Crippen molar-refractivity contribution in [3.8, 4) is 5.95 Å². The highest BCUT2D eigenvalue weighted by Gasteiger charge is 2.33. The van der Waals surface area contributed by atoms with Crippen LogP contribution in [0.1, 0.15) is 28.7 Å². The topological polar surface area (TPSA) is 76.8 Å². The molecular weight excluding hydrogens is 413 g/mol. The summed E-state index contributed by atoms with van der Waals surface area (Å²) in [7, 11) is 0. The summed E-state index contributed by atoms with van der Waals surface area (Å²) in [6, 6.07) is 2.42. The molecule has 1 amide bonds. The first-order chi connectivity index (χ1) is 13.4. The molecule has 0 aliphatic carbocycles. The Bertz CT molecular complexity index is 1070. The highest BCUT2D eigenvalue weighted by molar-refractivity contribution is 6.37.